The number of aromatic nitrogens is 1. The van der Waals surface area contributed by atoms with Crippen molar-refractivity contribution >= 4 is 33.1 Å². The predicted octanol–water partition coefficient (Wildman–Crippen LogP) is 4.15. The summed E-state index contributed by atoms with van der Waals surface area (Å²) < 4.78 is 89.6. The molecule has 0 saturated carbocycles. The highest BCUT2D eigenvalue weighted by Crippen LogP contribution is 2.40. The first-order valence-electron chi connectivity index (χ1n) is 11.9. The fourth-order valence-electron chi connectivity index (χ4n) is 4.52. The van der Waals surface area contributed by atoms with Gasteiger partial charge in [0, 0.05) is 37.9 Å². The molecule has 1 atom stereocenters. The van der Waals surface area contributed by atoms with Crippen LogP contribution in [0.15, 0.2) is 47.4 Å². The number of nitrogens with zero attached hydrogens (tertiary/aromatic N) is 3. The minimum absolute atomic E-state index is 0.0707. The molecule has 2 heterocycles. The Labute approximate surface area is 234 Å². The van der Waals surface area contributed by atoms with Crippen LogP contribution in [0.5, 0.6) is 11.5 Å². The molecule has 1 saturated heterocycles. The number of benzene rings is 2. The maximum Gasteiger partial charge on any atom is 0.271 e. The summed E-state index contributed by atoms with van der Waals surface area (Å²) in [5, 5.41) is 9.08. The minimum Gasteiger partial charge on any atom is -0.497 e. The molecule has 1 N–H and O–H groups in total. The summed E-state index contributed by atoms with van der Waals surface area (Å²) in [6.07, 6.45) is 0.350. The van der Waals surface area contributed by atoms with E-state index in [-0.39, 0.29) is 36.7 Å². The number of rotatable bonds is 10. The molecule has 0 aliphatic carbocycles. The van der Waals surface area contributed by atoms with E-state index in [2.05, 4.69) is 4.98 Å². The van der Waals surface area contributed by atoms with Crippen molar-refractivity contribution in [3.63, 3.8) is 0 Å². The van der Waals surface area contributed by atoms with Crippen LogP contribution in [0.4, 0.5) is 24.7 Å². The van der Waals surface area contributed by atoms with Crippen LogP contribution in [-0.4, -0.2) is 65.1 Å². The molecule has 40 heavy (non-hydrogen) atoms. The Balaban J connectivity index is 1.82. The molecule has 0 spiro atoms. The number of methoxy groups -OCH3 is 3. The van der Waals surface area contributed by atoms with Crippen molar-refractivity contribution in [2.45, 2.75) is 23.5 Å². The monoisotopic (exact) mass is 601 g/mol. The molecule has 4 rings (SSSR count). The number of sulfonamides is 1. The van der Waals surface area contributed by atoms with Crippen LogP contribution < -0.4 is 18.7 Å². The molecule has 14 heteroatoms. The third-order valence-corrected chi connectivity index (χ3v) is 8.93. The van der Waals surface area contributed by atoms with Crippen molar-refractivity contribution in [1.29, 1.82) is 0 Å². The molecule has 9 nitrogen and oxygen atoms in total. The quantitative estimate of drug-likeness (QED) is 0.273. The molecule has 2 aromatic carbocycles. The van der Waals surface area contributed by atoms with Crippen molar-refractivity contribution in [3.05, 3.63) is 70.6 Å². The Kier molecular flexibility index (Phi) is 8.69. The van der Waals surface area contributed by atoms with E-state index < -0.39 is 55.5 Å². The van der Waals surface area contributed by atoms with Crippen molar-refractivity contribution in [3.8, 4) is 11.5 Å². The van der Waals surface area contributed by atoms with Gasteiger partial charge in [0.2, 0.25) is 5.95 Å². The third kappa shape index (κ3) is 5.51. The van der Waals surface area contributed by atoms with Gasteiger partial charge in [-0.3, -0.25) is 0 Å². The fourth-order valence-corrected chi connectivity index (χ4v) is 6.35. The molecular weight excluding hydrogens is 575 g/mol. The lowest BCUT2D eigenvalue weighted by atomic mass is 10.1. The van der Waals surface area contributed by atoms with Crippen molar-refractivity contribution in [2.75, 3.05) is 50.2 Å². The molecule has 1 aliphatic rings. The third-order valence-electron chi connectivity index (χ3n) is 6.79. The van der Waals surface area contributed by atoms with E-state index in [1.807, 2.05) is 0 Å². The highest BCUT2D eigenvalue weighted by Gasteiger charge is 2.41. The number of pyridine rings is 1. The maximum absolute atomic E-state index is 15.7. The molecule has 1 aliphatic heterocycles. The number of aliphatic hydroxyl groups excluding tert-OH is 1. The van der Waals surface area contributed by atoms with Crippen LogP contribution >= 0.6 is 11.6 Å². The summed E-state index contributed by atoms with van der Waals surface area (Å²) in [5.41, 5.74) is -0.785. The lowest BCUT2D eigenvalue weighted by molar-refractivity contribution is -0.0346. The van der Waals surface area contributed by atoms with E-state index >= 15 is 8.78 Å². The summed E-state index contributed by atoms with van der Waals surface area (Å²) in [5.74, 6) is -3.75. The molecule has 1 fully saturated rings. The van der Waals surface area contributed by atoms with Gasteiger partial charge in [0.25, 0.3) is 10.0 Å². The van der Waals surface area contributed by atoms with Gasteiger partial charge in [0.05, 0.1) is 33.1 Å². The Hall–Kier alpha value is -3.26. The molecular formula is C26H27ClF3N3O6S. The molecule has 0 amide bonds. The van der Waals surface area contributed by atoms with Crippen LogP contribution in [-0.2, 0) is 21.3 Å². The number of ether oxygens (including phenoxy) is 3. The predicted molar refractivity (Wildman–Crippen MR) is 142 cm³/mol. The lowest BCUT2D eigenvalue weighted by Gasteiger charge is -2.28. The Morgan fingerprint density at radius 2 is 1.88 bits per heavy atom. The zero-order valence-electron chi connectivity index (χ0n) is 21.8. The molecule has 216 valence electrons. The van der Waals surface area contributed by atoms with Gasteiger partial charge in [-0.15, -0.1) is 0 Å². The number of halogens is 4. The highest BCUT2D eigenvalue weighted by atomic mass is 35.5. The lowest BCUT2D eigenvalue weighted by Crippen LogP contribution is -2.39. The van der Waals surface area contributed by atoms with E-state index in [0.717, 1.165) is 12.1 Å². The number of anilines is 2. The minimum atomic E-state index is -5.07. The number of aliphatic hydroxyl groups is 1. The van der Waals surface area contributed by atoms with Crippen molar-refractivity contribution in [2.24, 2.45) is 0 Å². The van der Waals surface area contributed by atoms with E-state index in [1.54, 1.807) is 0 Å². The van der Waals surface area contributed by atoms with Crippen LogP contribution in [0, 0.1) is 17.6 Å². The summed E-state index contributed by atoms with van der Waals surface area (Å²) in [4.78, 5) is 3.80. The number of hydrogen-bond donors (Lipinski definition) is 1. The Morgan fingerprint density at radius 1 is 1.12 bits per heavy atom. The van der Waals surface area contributed by atoms with Gasteiger partial charge in [0.15, 0.2) is 10.7 Å². The standard InChI is InChI=1S/C26H27ClF3N3O6S/c1-37-17-8-7-16(20(11-17)38-2)13-33(22-6-4-5-21(29)31-22)40(35,36)25-18(28)12-19(23(27)24(25)30)32-10-9-26(14-32,15-34)39-3/h4-8,11-12,34H,9-10,13-15H2,1-3H3. The smallest absolute Gasteiger partial charge is 0.271 e. The summed E-state index contributed by atoms with van der Waals surface area (Å²) >= 11 is 6.27. The SMILES string of the molecule is COc1ccc(CN(c2cccc(F)n2)S(=O)(=O)c2c(F)cc(N3CCC(CO)(OC)C3)c(Cl)c2F)c(OC)c1. The molecule has 1 unspecified atom stereocenters. The van der Waals surface area contributed by atoms with E-state index in [4.69, 9.17) is 25.8 Å². The first-order valence-corrected chi connectivity index (χ1v) is 13.8. The zero-order chi connectivity index (χ0) is 29.2. The summed E-state index contributed by atoms with van der Waals surface area (Å²) in [6, 6.07) is 8.74. The Bertz CT molecular complexity index is 1510. The molecule has 0 radical (unpaired) electrons. The fraction of sp³-hybridized carbons (Fsp3) is 0.346. The van der Waals surface area contributed by atoms with Gasteiger partial charge in [-0.25, -0.2) is 26.5 Å². The van der Waals surface area contributed by atoms with Gasteiger partial charge in [-0.05, 0) is 30.7 Å². The van der Waals surface area contributed by atoms with E-state index in [0.29, 0.717) is 16.5 Å². The first kappa shape index (κ1) is 29.7. The van der Waals surface area contributed by atoms with E-state index in [1.165, 1.54) is 56.6 Å². The first-order chi connectivity index (χ1) is 19.0. The van der Waals surface area contributed by atoms with Gasteiger partial charge >= 0.3 is 0 Å². The van der Waals surface area contributed by atoms with Gasteiger partial charge in [-0.1, -0.05) is 17.7 Å². The molecule has 0 bridgehead atoms. The second-order valence-corrected chi connectivity index (χ2v) is 11.2. The van der Waals surface area contributed by atoms with Gasteiger partial charge < -0.3 is 24.2 Å². The summed E-state index contributed by atoms with van der Waals surface area (Å²) in [7, 11) is -0.876. The van der Waals surface area contributed by atoms with Crippen LogP contribution in [0.2, 0.25) is 5.02 Å². The van der Waals surface area contributed by atoms with Crippen LogP contribution in [0.3, 0.4) is 0 Å². The zero-order valence-corrected chi connectivity index (χ0v) is 23.4. The Morgan fingerprint density at radius 3 is 2.48 bits per heavy atom. The average molecular weight is 602 g/mol. The average Bonchev–Trinajstić information content (AvgIpc) is 3.38. The second kappa shape index (κ2) is 11.7. The maximum atomic E-state index is 15.7. The van der Waals surface area contributed by atoms with Crippen molar-refractivity contribution in [1.82, 2.24) is 4.98 Å². The largest absolute Gasteiger partial charge is 0.497 e. The topological polar surface area (TPSA) is 101 Å². The van der Waals surface area contributed by atoms with Crippen LogP contribution in [0.25, 0.3) is 0 Å². The van der Waals surface area contributed by atoms with Gasteiger partial charge in [0.1, 0.15) is 33.8 Å². The molecule has 1 aromatic heterocycles. The number of hydrogen-bond acceptors (Lipinski definition) is 8. The summed E-state index contributed by atoms with van der Waals surface area (Å²) in [6.45, 7) is -0.542. The normalized spacial score (nSPS) is 17.2. The van der Waals surface area contributed by atoms with E-state index in [9.17, 15) is 17.9 Å². The van der Waals surface area contributed by atoms with Gasteiger partial charge in [-0.2, -0.15) is 4.39 Å². The highest BCUT2D eigenvalue weighted by molar-refractivity contribution is 7.92. The second-order valence-electron chi connectivity index (χ2n) is 9.06. The van der Waals surface area contributed by atoms with Crippen LogP contribution in [0.1, 0.15) is 12.0 Å². The van der Waals surface area contributed by atoms with Crippen molar-refractivity contribution < 1.29 is 40.9 Å². The molecule has 3 aromatic rings.